The fourth-order valence-electron chi connectivity index (χ4n) is 2.29. The average Bonchev–Trinajstić information content (AvgIpc) is 2.69. The van der Waals surface area contributed by atoms with Crippen molar-refractivity contribution in [1.29, 1.82) is 0 Å². The highest BCUT2D eigenvalue weighted by Crippen LogP contribution is 2.28. The van der Waals surface area contributed by atoms with Crippen LogP contribution in [0.1, 0.15) is 38.0 Å². The molecule has 1 amide bonds. The van der Waals surface area contributed by atoms with Crippen LogP contribution < -0.4 is 5.32 Å². The van der Waals surface area contributed by atoms with E-state index in [0.717, 1.165) is 29.6 Å². The third-order valence-electron chi connectivity index (χ3n) is 3.71. The fourth-order valence-corrected chi connectivity index (χ4v) is 2.29. The van der Waals surface area contributed by atoms with Crippen molar-refractivity contribution in [1.82, 2.24) is 5.32 Å². The van der Waals surface area contributed by atoms with Crippen LogP contribution in [0, 0.1) is 5.92 Å². The Morgan fingerprint density at radius 3 is 2.83 bits per heavy atom. The number of hydrogen-bond acceptors (Lipinski definition) is 2. The van der Waals surface area contributed by atoms with Gasteiger partial charge >= 0.3 is 0 Å². The van der Waals surface area contributed by atoms with Crippen LogP contribution in [0.2, 0.25) is 0 Å². The summed E-state index contributed by atoms with van der Waals surface area (Å²) in [5.74, 6) is 1.20. The van der Waals surface area contributed by atoms with Crippen LogP contribution in [0.25, 0.3) is 11.0 Å². The fraction of sp³-hybridized carbons (Fsp3) is 0.400. The average molecular weight is 243 g/mol. The molecule has 2 aromatic rings. The Morgan fingerprint density at radius 2 is 2.17 bits per heavy atom. The van der Waals surface area contributed by atoms with Gasteiger partial charge in [-0.1, -0.05) is 24.6 Å². The number of furan rings is 1. The summed E-state index contributed by atoms with van der Waals surface area (Å²) >= 11 is 0. The Labute approximate surface area is 106 Å². The molecule has 1 aromatic carbocycles. The number of carbonyl (C=O) groups is 1. The standard InChI is InChI=1S/C15H17NO2/c1-10(16-15(17)11-6-4-7-11)14-9-12-5-2-3-8-13(12)18-14/h2-3,5,8-11H,4,6-7H2,1H3,(H,16,17). The van der Waals surface area contributed by atoms with Crippen molar-refractivity contribution in [3.63, 3.8) is 0 Å². The van der Waals surface area contributed by atoms with E-state index in [2.05, 4.69) is 5.32 Å². The molecule has 0 radical (unpaired) electrons. The van der Waals surface area contributed by atoms with E-state index in [1.165, 1.54) is 6.42 Å². The van der Waals surface area contributed by atoms with Gasteiger partial charge in [-0.25, -0.2) is 0 Å². The molecule has 1 unspecified atom stereocenters. The highest BCUT2D eigenvalue weighted by Gasteiger charge is 2.26. The van der Waals surface area contributed by atoms with Crippen LogP contribution in [0.3, 0.4) is 0 Å². The summed E-state index contributed by atoms with van der Waals surface area (Å²) in [4.78, 5) is 11.9. The number of carbonyl (C=O) groups excluding carboxylic acids is 1. The van der Waals surface area contributed by atoms with Gasteiger partial charge in [0, 0.05) is 11.3 Å². The van der Waals surface area contributed by atoms with E-state index < -0.39 is 0 Å². The highest BCUT2D eigenvalue weighted by molar-refractivity contribution is 5.80. The number of amides is 1. The maximum atomic E-state index is 11.9. The summed E-state index contributed by atoms with van der Waals surface area (Å²) in [6.07, 6.45) is 3.23. The zero-order chi connectivity index (χ0) is 12.5. The lowest BCUT2D eigenvalue weighted by atomic mass is 9.84. The Balaban J connectivity index is 1.74. The zero-order valence-electron chi connectivity index (χ0n) is 10.5. The lowest BCUT2D eigenvalue weighted by Crippen LogP contribution is -2.35. The maximum Gasteiger partial charge on any atom is 0.223 e. The molecule has 1 atom stereocenters. The zero-order valence-corrected chi connectivity index (χ0v) is 10.5. The normalized spacial score (nSPS) is 17.4. The summed E-state index contributed by atoms with van der Waals surface area (Å²) in [6.45, 7) is 1.97. The van der Waals surface area contributed by atoms with E-state index in [-0.39, 0.29) is 17.9 Å². The van der Waals surface area contributed by atoms with Crippen molar-refractivity contribution in [2.75, 3.05) is 0 Å². The van der Waals surface area contributed by atoms with E-state index in [1.807, 2.05) is 37.3 Å². The third kappa shape index (κ3) is 2.01. The Hall–Kier alpha value is -1.77. The SMILES string of the molecule is CC(NC(=O)C1CCC1)c1cc2ccccc2o1. The van der Waals surface area contributed by atoms with E-state index in [1.54, 1.807) is 0 Å². The Bertz CT molecular complexity index is 536. The van der Waals surface area contributed by atoms with Crippen molar-refractivity contribution in [3.8, 4) is 0 Å². The van der Waals surface area contributed by atoms with Crippen molar-refractivity contribution in [2.24, 2.45) is 5.92 Å². The lowest BCUT2D eigenvalue weighted by Gasteiger charge is -2.25. The minimum atomic E-state index is -0.0644. The number of benzene rings is 1. The molecule has 1 saturated carbocycles. The molecular weight excluding hydrogens is 226 g/mol. The number of rotatable bonds is 3. The molecule has 3 rings (SSSR count). The van der Waals surface area contributed by atoms with Gasteiger partial charge in [0.15, 0.2) is 0 Å². The summed E-state index contributed by atoms with van der Waals surface area (Å²) in [5.41, 5.74) is 0.872. The number of nitrogens with one attached hydrogen (secondary N) is 1. The molecular formula is C15H17NO2. The smallest absolute Gasteiger partial charge is 0.223 e. The second-order valence-electron chi connectivity index (χ2n) is 5.04. The predicted octanol–water partition coefficient (Wildman–Crippen LogP) is 3.41. The molecule has 3 nitrogen and oxygen atoms in total. The molecule has 0 aliphatic heterocycles. The quantitative estimate of drug-likeness (QED) is 0.897. The van der Waals surface area contributed by atoms with Gasteiger partial charge in [0.05, 0.1) is 6.04 Å². The molecule has 1 fully saturated rings. The van der Waals surface area contributed by atoms with Crippen molar-refractivity contribution in [2.45, 2.75) is 32.2 Å². The van der Waals surface area contributed by atoms with E-state index in [9.17, 15) is 4.79 Å². The lowest BCUT2D eigenvalue weighted by molar-refractivity contribution is -0.128. The van der Waals surface area contributed by atoms with Crippen LogP contribution in [-0.4, -0.2) is 5.91 Å². The van der Waals surface area contributed by atoms with Crippen molar-refractivity contribution in [3.05, 3.63) is 36.1 Å². The van der Waals surface area contributed by atoms with Crippen LogP contribution in [0.15, 0.2) is 34.7 Å². The second kappa shape index (κ2) is 4.48. The van der Waals surface area contributed by atoms with Crippen molar-refractivity contribution >= 4 is 16.9 Å². The molecule has 1 N–H and O–H groups in total. The first kappa shape index (κ1) is 11.3. The Morgan fingerprint density at radius 1 is 1.39 bits per heavy atom. The van der Waals surface area contributed by atoms with Gasteiger partial charge in [-0.05, 0) is 31.9 Å². The molecule has 3 heteroatoms. The van der Waals surface area contributed by atoms with Gasteiger partial charge < -0.3 is 9.73 Å². The maximum absolute atomic E-state index is 11.9. The predicted molar refractivity (Wildman–Crippen MR) is 70.1 cm³/mol. The topological polar surface area (TPSA) is 42.2 Å². The van der Waals surface area contributed by atoms with E-state index in [0.29, 0.717) is 0 Å². The molecule has 0 saturated heterocycles. The molecule has 1 heterocycles. The molecule has 0 spiro atoms. The van der Waals surface area contributed by atoms with Crippen molar-refractivity contribution < 1.29 is 9.21 Å². The minimum Gasteiger partial charge on any atom is -0.459 e. The van der Waals surface area contributed by atoms with Gasteiger partial charge in [-0.3, -0.25) is 4.79 Å². The monoisotopic (exact) mass is 243 g/mol. The minimum absolute atomic E-state index is 0.0644. The van der Waals surface area contributed by atoms with Crippen LogP contribution in [0.5, 0.6) is 0 Å². The second-order valence-corrected chi connectivity index (χ2v) is 5.04. The van der Waals surface area contributed by atoms with Gasteiger partial charge in [-0.2, -0.15) is 0 Å². The van der Waals surface area contributed by atoms with Gasteiger partial charge in [-0.15, -0.1) is 0 Å². The third-order valence-corrected chi connectivity index (χ3v) is 3.71. The number of fused-ring (bicyclic) bond motifs is 1. The van der Waals surface area contributed by atoms with Gasteiger partial charge in [0.2, 0.25) is 5.91 Å². The first-order chi connectivity index (χ1) is 8.74. The Kier molecular flexibility index (Phi) is 2.82. The molecule has 18 heavy (non-hydrogen) atoms. The van der Waals surface area contributed by atoms with Gasteiger partial charge in [0.1, 0.15) is 11.3 Å². The number of hydrogen-bond donors (Lipinski definition) is 1. The summed E-state index contributed by atoms with van der Waals surface area (Å²) in [7, 11) is 0. The van der Waals surface area contributed by atoms with Gasteiger partial charge in [0.25, 0.3) is 0 Å². The first-order valence-electron chi connectivity index (χ1n) is 6.53. The van der Waals surface area contributed by atoms with E-state index >= 15 is 0 Å². The molecule has 94 valence electrons. The molecule has 0 bridgehead atoms. The number of para-hydroxylation sites is 1. The summed E-state index contributed by atoms with van der Waals surface area (Å²) in [5, 5.41) is 4.11. The highest BCUT2D eigenvalue weighted by atomic mass is 16.3. The van der Waals surface area contributed by atoms with Crippen LogP contribution in [0.4, 0.5) is 0 Å². The van der Waals surface area contributed by atoms with Crippen LogP contribution >= 0.6 is 0 Å². The molecule has 1 aromatic heterocycles. The molecule has 1 aliphatic rings. The largest absolute Gasteiger partial charge is 0.459 e. The summed E-state index contributed by atoms with van der Waals surface area (Å²) in [6, 6.07) is 9.83. The summed E-state index contributed by atoms with van der Waals surface area (Å²) < 4.78 is 5.75. The molecule has 1 aliphatic carbocycles. The first-order valence-corrected chi connectivity index (χ1v) is 6.53. The van der Waals surface area contributed by atoms with Crippen LogP contribution in [-0.2, 0) is 4.79 Å². The van der Waals surface area contributed by atoms with E-state index in [4.69, 9.17) is 4.42 Å².